The van der Waals surface area contributed by atoms with E-state index in [9.17, 15) is 9.18 Å². The molecule has 10 heteroatoms. The first kappa shape index (κ1) is 24.5. The van der Waals surface area contributed by atoms with Gasteiger partial charge >= 0.3 is 0 Å². The molecule has 0 radical (unpaired) electrons. The van der Waals surface area contributed by atoms with Crippen molar-refractivity contribution in [2.45, 2.75) is 38.3 Å². The Bertz CT molecular complexity index is 1470. The van der Waals surface area contributed by atoms with Crippen LogP contribution in [-0.2, 0) is 18.4 Å². The second kappa shape index (κ2) is 9.67. The third-order valence-electron chi connectivity index (χ3n) is 6.54. The van der Waals surface area contributed by atoms with Gasteiger partial charge in [0.2, 0.25) is 5.91 Å². The first-order chi connectivity index (χ1) is 17.2. The number of para-hydroxylation sites is 1. The van der Waals surface area contributed by atoms with Gasteiger partial charge < -0.3 is 9.64 Å². The van der Waals surface area contributed by atoms with Crippen LogP contribution in [0.3, 0.4) is 0 Å². The van der Waals surface area contributed by atoms with Crippen LogP contribution in [0.15, 0.2) is 42.7 Å². The van der Waals surface area contributed by atoms with Crippen molar-refractivity contribution in [3.8, 4) is 17.1 Å². The van der Waals surface area contributed by atoms with Crippen molar-refractivity contribution in [1.29, 1.82) is 0 Å². The number of benzene rings is 2. The highest BCUT2D eigenvalue weighted by molar-refractivity contribution is 6.32. The van der Waals surface area contributed by atoms with Gasteiger partial charge in [0.15, 0.2) is 5.82 Å². The number of carbonyl (C=O) groups excluding carboxylic acids is 1. The van der Waals surface area contributed by atoms with Gasteiger partial charge in [-0.25, -0.2) is 19.0 Å². The van der Waals surface area contributed by atoms with E-state index in [2.05, 4.69) is 10.1 Å². The fourth-order valence-corrected chi connectivity index (χ4v) is 5.20. The summed E-state index contributed by atoms with van der Waals surface area (Å²) in [5.74, 6) is 0.627. The summed E-state index contributed by atoms with van der Waals surface area (Å²) in [5.41, 5.74) is 3.55. The molecule has 1 fully saturated rings. The van der Waals surface area contributed by atoms with E-state index >= 15 is 0 Å². The number of aromatic nitrogens is 4. The standard InChI is InChI=1S/C26H24Cl2FN5O2/c1-14-9-19(25-30-13-31-33(25)3)17-5-4-6-23(24(17)32-14)36-12-20-18(10-16(29)11-22(20)28)15(2)34-8-7-21(27)26(34)35/h4-6,9-11,13,15,21H,7-8,12H2,1-3H3/t15-,21-/m0/s1. The largest absolute Gasteiger partial charge is 0.487 e. The molecule has 1 saturated heterocycles. The number of pyridine rings is 1. The fourth-order valence-electron chi connectivity index (χ4n) is 4.71. The molecular weight excluding hydrogens is 504 g/mol. The van der Waals surface area contributed by atoms with Crippen molar-refractivity contribution in [2.75, 3.05) is 6.54 Å². The van der Waals surface area contributed by atoms with Crippen LogP contribution in [0, 0.1) is 12.7 Å². The Balaban J connectivity index is 1.52. The predicted octanol–water partition coefficient (Wildman–Crippen LogP) is 5.61. The Morgan fingerprint density at radius 2 is 2.08 bits per heavy atom. The van der Waals surface area contributed by atoms with E-state index < -0.39 is 17.2 Å². The third-order valence-corrected chi connectivity index (χ3v) is 7.28. The van der Waals surface area contributed by atoms with E-state index in [0.29, 0.717) is 41.2 Å². The van der Waals surface area contributed by atoms with Gasteiger partial charge in [-0.2, -0.15) is 5.10 Å². The number of halogens is 3. The maximum absolute atomic E-state index is 14.4. The zero-order valence-corrected chi connectivity index (χ0v) is 21.5. The van der Waals surface area contributed by atoms with Gasteiger partial charge in [0.05, 0.1) is 11.1 Å². The van der Waals surface area contributed by atoms with Gasteiger partial charge in [-0.15, -0.1) is 11.6 Å². The van der Waals surface area contributed by atoms with Crippen molar-refractivity contribution in [1.82, 2.24) is 24.6 Å². The average Bonchev–Trinajstić information content (AvgIpc) is 3.42. The monoisotopic (exact) mass is 527 g/mol. The first-order valence-electron chi connectivity index (χ1n) is 11.5. The smallest absolute Gasteiger partial charge is 0.241 e. The van der Waals surface area contributed by atoms with Crippen LogP contribution in [0.25, 0.3) is 22.3 Å². The highest BCUT2D eigenvalue weighted by Gasteiger charge is 2.34. The first-order valence-corrected chi connectivity index (χ1v) is 12.4. The second-order valence-corrected chi connectivity index (χ2v) is 9.81. The van der Waals surface area contributed by atoms with Crippen LogP contribution >= 0.6 is 23.2 Å². The number of alkyl halides is 1. The highest BCUT2D eigenvalue weighted by Crippen LogP contribution is 2.36. The van der Waals surface area contributed by atoms with Crippen LogP contribution in [0.1, 0.15) is 36.2 Å². The Morgan fingerprint density at radius 3 is 2.78 bits per heavy atom. The number of carbonyl (C=O) groups is 1. The molecule has 4 aromatic rings. The van der Waals surface area contributed by atoms with Crippen molar-refractivity contribution < 1.29 is 13.9 Å². The number of likely N-dealkylation sites (tertiary alicyclic amines) is 1. The van der Waals surface area contributed by atoms with E-state index in [4.69, 9.17) is 32.9 Å². The normalized spacial score (nSPS) is 16.7. The summed E-state index contributed by atoms with van der Waals surface area (Å²) in [6.07, 6.45) is 2.06. The number of hydrogen-bond acceptors (Lipinski definition) is 5. The predicted molar refractivity (Wildman–Crippen MR) is 137 cm³/mol. The molecule has 0 spiro atoms. The lowest BCUT2D eigenvalue weighted by Gasteiger charge is -2.27. The van der Waals surface area contributed by atoms with Crippen molar-refractivity contribution in [3.05, 3.63) is 70.4 Å². The molecule has 1 amide bonds. The lowest BCUT2D eigenvalue weighted by molar-refractivity contribution is -0.129. The number of amides is 1. The minimum Gasteiger partial charge on any atom is -0.487 e. The van der Waals surface area contributed by atoms with Gasteiger partial charge in [-0.05, 0) is 50.1 Å². The van der Waals surface area contributed by atoms with Crippen LogP contribution in [0.4, 0.5) is 4.39 Å². The molecule has 0 N–H and O–H groups in total. The van der Waals surface area contributed by atoms with Gasteiger partial charge in [-0.1, -0.05) is 23.7 Å². The SMILES string of the molecule is Cc1cc(-c2ncnn2C)c2cccc(OCc3c(Cl)cc(F)cc3[C@H](C)N3CC[C@H](Cl)C3=O)c2n1. The van der Waals surface area contributed by atoms with Crippen molar-refractivity contribution in [3.63, 3.8) is 0 Å². The maximum Gasteiger partial charge on any atom is 0.241 e. The van der Waals surface area contributed by atoms with Crippen LogP contribution in [-0.4, -0.2) is 42.5 Å². The zero-order valence-electron chi connectivity index (χ0n) is 20.0. The molecule has 2 aromatic carbocycles. The molecular formula is C26H24Cl2FN5O2. The van der Waals surface area contributed by atoms with E-state index in [-0.39, 0.29) is 17.5 Å². The van der Waals surface area contributed by atoms with Gasteiger partial charge in [-0.3, -0.25) is 4.79 Å². The lowest BCUT2D eigenvalue weighted by atomic mass is 10.00. The quantitative estimate of drug-likeness (QED) is 0.304. The van der Waals surface area contributed by atoms with Gasteiger partial charge in [0.25, 0.3) is 0 Å². The molecule has 2 aromatic heterocycles. The average molecular weight is 528 g/mol. The molecule has 2 atom stereocenters. The molecule has 36 heavy (non-hydrogen) atoms. The molecule has 1 aliphatic rings. The molecule has 0 unspecified atom stereocenters. The minimum atomic E-state index is -0.565. The zero-order chi connectivity index (χ0) is 25.6. The minimum absolute atomic E-state index is 0.0686. The number of fused-ring (bicyclic) bond motifs is 1. The van der Waals surface area contributed by atoms with E-state index in [1.54, 1.807) is 9.58 Å². The summed E-state index contributed by atoms with van der Waals surface area (Å²) in [4.78, 5) is 23.3. The van der Waals surface area contributed by atoms with E-state index in [1.807, 2.05) is 45.2 Å². The lowest BCUT2D eigenvalue weighted by Crippen LogP contribution is -2.31. The Morgan fingerprint density at radius 1 is 1.28 bits per heavy atom. The summed E-state index contributed by atoms with van der Waals surface area (Å²) in [7, 11) is 1.83. The molecule has 3 heterocycles. The number of aryl methyl sites for hydroxylation is 2. The maximum atomic E-state index is 14.4. The molecule has 5 rings (SSSR count). The Hall–Kier alpha value is -3.23. The number of nitrogens with zero attached hydrogens (tertiary/aromatic N) is 5. The summed E-state index contributed by atoms with van der Waals surface area (Å²) in [6.45, 7) is 4.32. The summed E-state index contributed by atoms with van der Waals surface area (Å²) < 4.78 is 22.3. The molecule has 1 aliphatic heterocycles. The van der Waals surface area contributed by atoms with Crippen LogP contribution in [0.5, 0.6) is 5.75 Å². The van der Waals surface area contributed by atoms with Crippen LogP contribution in [0.2, 0.25) is 5.02 Å². The second-order valence-electron chi connectivity index (χ2n) is 8.88. The summed E-state index contributed by atoms with van der Waals surface area (Å²) >= 11 is 12.6. The molecule has 186 valence electrons. The molecule has 7 nitrogen and oxygen atoms in total. The van der Waals surface area contributed by atoms with E-state index in [0.717, 1.165) is 16.6 Å². The van der Waals surface area contributed by atoms with Crippen molar-refractivity contribution in [2.24, 2.45) is 7.05 Å². The number of rotatable bonds is 6. The number of hydrogen-bond donors (Lipinski definition) is 0. The van der Waals surface area contributed by atoms with Crippen LogP contribution < -0.4 is 4.74 Å². The summed E-state index contributed by atoms with van der Waals surface area (Å²) in [6, 6.07) is 9.88. The van der Waals surface area contributed by atoms with E-state index in [1.165, 1.54) is 18.5 Å². The molecule has 0 saturated carbocycles. The summed E-state index contributed by atoms with van der Waals surface area (Å²) in [5, 5.41) is 4.72. The van der Waals surface area contributed by atoms with Gasteiger partial charge in [0, 0.05) is 35.8 Å². The third kappa shape index (κ3) is 4.40. The fraction of sp³-hybridized carbons (Fsp3) is 0.308. The van der Waals surface area contributed by atoms with Gasteiger partial charge in [0.1, 0.15) is 35.4 Å². The molecule has 0 aliphatic carbocycles. The Labute approximate surface area is 217 Å². The Kier molecular flexibility index (Phi) is 6.57. The number of ether oxygens (including phenoxy) is 1. The van der Waals surface area contributed by atoms with Crippen molar-refractivity contribution >= 4 is 40.0 Å². The topological polar surface area (TPSA) is 73.1 Å². The highest BCUT2D eigenvalue weighted by atomic mass is 35.5. The molecule has 0 bridgehead atoms.